The maximum atomic E-state index is 11.9. The zero-order valence-corrected chi connectivity index (χ0v) is 18.5. The average Bonchev–Trinajstić information content (AvgIpc) is 2.50. The van der Waals surface area contributed by atoms with Gasteiger partial charge < -0.3 is 20.9 Å². The summed E-state index contributed by atoms with van der Waals surface area (Å²) in [6.07, 6.45) is 2.52. The molecule has 25 heavy (non-hydrogen) atoms. The first-order valence-corrected chi connectivity index (χ1v) is 8.80. The highest BCUT2D eigenvalue weighted by Crippen LogP contribution is 2.20. The minimum atomic E-state index is -0.247. The fourth-order valence-electron chi connectivity index (χ4n) is 2.74. The summed E-state index contributed by atoms with van der Waals surface area (Å²) in [6, 6.07) is 0. The standard InChI is InChI=1S/C17H33N5O2.HI/c1-6-19-16(20-12-15(24)21-17(2,3)4)22-9-7-13(8-10-22)11-14(23)18-5;/h13H,6-12H2,1-5H3,(H,18,23)(H,19,20)(H,21,24);1H. The van der Waals surface area contributed by atoms with E-state index in [4.69, 9.17) is 0 Å². The zero-order chi connectivity index (χ0) is 18.2. The molecule has 1 aliphatic heterocycles. The first-order valence-electron chi connectivity index (χ1n) is 8.80. The number of carbonyl (C=O) groups excluding carboxylic acids is 2. The quantitative estimate of drug-likeness (QED) is 0.324. The van der Waals surface area contributed by atoms with Crippen molar-refractivity contribution in [1.82, 2.24) is 20.9 Å². The minimum absolute atomic E-state index is 0. The van der Waals surface area contributed by atoms with Gasteiger partial charge in [0.25, 0.3) is 0 Å². The molecule has 0 aromatic carbocycles. The van der Waals surface area contributed by atoms with Crippen molar-refractivity contribution in [2.75, 3.05) is 33.2 Å². The van der Waals surface area contributed by atoms with Gasteiger partial charge >= 0.3 is 0 Å². The molecule has 0 saturated carbocycles. The van der Waals surface area contributed by atoms with Crippen LogP contribution in [0.15, 0.2) is 4.99 Å². The van der Waals surface area contributed by atoms with Crippen LogP contribution in [0.25, 0.3) is 0 Å². The molecule has 0 aromatic rings. The van der Waals surface area contributed by atoms with Crippen LogP contribution < -0.4 is 16.0 Å². The molecule has 146 valence electrons. The lowest BCUT2D eigenvalue weighted by molar-refractivity contribution is -0.122. The van der Waals surface area contributed by atoms with E-state index in [2.05, 4.69) is 25.8 Å². The van der Waals surface area contributed by atoms with Gasteiger partial charge in [0.15, 0.2) is 5.96 Å². The summed E-state index contributed by atoms with van der Waals surface area (Å²) in [6.45, 7) is 10.5. The van der Waals surface area contributed by atoms with E-state index in [0.717, 1.165) is 38.4 Å². The molecule has 7 nitrogen and oxygen atoms in total. The van der Waals surface area contributed by atoms with Crippen LogP contribution in [0.5, 0.6) is 0 Å². The maximum Gasteiger partial charge on any atom is 0.242 e. The molecule has 0 radical (unpaired) electrons. The third-order valence-electron chi connectivity index (χ3n) is 3.89. The van der Waals surface area contributed by atoms with Crippen molar-refractivity contribution >= 4 is 41.8 Å². The Balaban J connectivity index is 0.00000576. The highest BCUT2D eigenvalue weighted by atomic mass is 127. The molecular weight excluding hydrogens is 433 g/mol. The molecule has 0 atom stereocenters. The molecule has 1 saturated heterocycles. The van der Waals surface area contributed by atoms with Crippen LogP contribution in [0, 0.1) is 5.92 Å². The van der Waals surface area contributed by atoms with Gasteiger partial charge in [0, 0.05) is 38.6 Å². The zero-order valence-electron chi connectivity index (χ0n) is 16.1. The second kappa shape index (κ2) is 11.5. The summed E-state index contributed by atoms with van der Waals surface area (Å²) in [5, 5.41) is 8.86. The number of aliphatic imine (C=N–C) groups is 1. The van der Waals surface area contributed by atoms with Crippen LogP contribution in [-0.2, 0) is 9.59 Å². The van der Waals surface area contributed by atoms with Crippen molar-refractivity contribution in [2.24, 2.45) is 10.9 Å². The van der Waals surface area contributed by atoms with Crippen LogP contribution in [-0.4, -0.2) is 61.4 Å². The van der Waals surface area contributed by atoms with E-state index in [1.807, 2.05) is 27.7 Å². The summed E-state index contributed by atoms with van der Waals surface area (Å²) >= 11 is 0. The lowest BCUT2D eigenvalue weighted by atomic mass is 9.93. The van der Waals surface area contributed by atoms with Gasteiger partial charge in [-0.05, 0) is 46.5 Å². The molecule has 1 rings (SSSR count). The van der Waals surface area contributed by atoms with Gasteiger partial charge in [0.1, 0.15) is 6.54 Å². The van der Waals surface area contributed by atoms with E-state index >= 15 is 0 Å². The first kappa shape index (κ1) is 23.9. The topological polar surface area (TPSA) is 85.8 Å². The van der Waals surface area contributed by atoms with Crippen LogP contribution in [0.3, 0.4) is 0 Å². The molecule has 0 aliphatic carbocycles. The lowest BCUT2D eigenvalue weighted by Crippen LogP contribution is -2.47. The summed E-state index contributed by atoms with van der Waals surface area (Å²) in [5.41, 5.74) is -0.247. The summed E-state index contributed by atoms with van der Waals surface area (Å²) in [4.78, 5) is 30.1. The molecule has 0 spiro atoms. The monoisotopic (exact) mass is 467 g/mol. The highest BCUT2D eigenvalue weighted by molar-refractivity contribution is 14.0. The third-order valence-corrected chi connectivity index (χ3v) is 3.89. The molecule has 0 bridgehead atoms. The molecule has 0 aromatic heterocycles. The Kier molecular flexibility index (Phi) is 11.0. The van der Waals surface area contributed by atoms with Crippen molar-refractivity contribution < 1.29 is 9.59 Å². The Morgan fingerprint density at radius 3 is 2.24 bits per heavy atom. The van der Waals surface area contributed by atoms with Crippen molar-refractivity contribution in [1.29, 1.82) is 0 Å². The minimum Gasteiger partial charge on any atom is -0.359 e. The van der Waals surface area contributed by atoms with E-state index in [1.54, 1.807) is 7.05 Å². The molecule has 3 N–H and O–H groups in total. The number of amides is 2. The van der Waals surface area contributed by atoms with Crippen LogP contribution in [0.4, 0.5) is 0 Å². The normalized spacial score (nSPS) is 16.0. The molecule has 2 amide bonds. The summed E-state index contributed by atoms with van der Waals surface area (Å²) < 4.78 is 0. The number of guanidine groups is 1. The molecule has 1 aliphatic rings. The van der Waals surface area contributed by atoms with Crippen molar-refractivity contribution in [3.8, 4) is 0 Å². The number of hydrogen-bond donors (Lipinski definition) is 3. The van der Waals surface area contributed by atoms with E-state index in [9.17, 15) is 9.59 Å². The Morgan fingerprint density at radius 1 is 1.16 bits per heavy atom. The summed E-state index contributed by atoms with van der Waals surface area (Å²) in [7, 11) is 1.68. The highest BCUT2D eigenvalue weighted by Gasteiger charge is 2.23. The number of piperidine rings is 1. The second-order valence-corrected chi connectivity index (χ2v) is 7.28. The van der Waals surface area contributed by atoms with Crippen LogP contribution >= 0.6 is 24.0 Å². The van der Waals surface area contributed by atoms with Gasteiger partial charge in [-0.1, -0.05) is 0 Å². The number of likely N-dealkylation sites (tertiary alicyclic amines) is 1. The largest absolute Gasteiger partial charge is 0.359 e. The summed E-state index contributed by atoms with van der Waals surface area (Å²) in [5.74, 6) is 1.23. The maximum absolute atomic E-state index is 11.9. The number of halogens is 1. The predicted molar refractivity (Wildman–Crippen MR) is 112 cm³/mol. The fraction of sp³-hybridized carbons (Fsp3) is 0.824. The Labute approximate surface area is 168 Å². The lowest BCUT2D eigenvalue weighted by Gasteiger charge is -2.34. The Bertz CT molecular complexity index is 454. The number of nitrogens with zero attached hydrogens (tertiary/aromatic N) is 2. The number of hydrogen-bond acceptors (Lipinski definition) is 3. The van der Waals surface area contributed by atoms with Gasteiger partial charge in [-0.3, -0.25) is 9.59 Å². The molecule has 1 heterocycles. The fourth-order valence-corrected chi connectivity index (χ4v) is 2.74. The first-order chi connectivity index (χ1) is 11.2. The molecule has 0 unspecified atom stereocenters. The number of rotatable bonds is 5. The number of nitrogens with one attached hydrogen (secondary N) is 3. The molecule has 1 fully saturated rings. The van der Waals surface area contributed by atoms with E-state index in [0.29, 0.717) is 12.3 Å². The third kappa shape index (κ3) is 9.86. The SMILES string of the molecule is CCNC(=NCC(=O)NC(C)(C)C)N1CCC(CC(=O)NC)CC1.I. The van der Waals surface area contributed by atoms with Crippen molar-refractivity contribution in [2.45, 2.75) is 52.5 Å². The predicted octanol–water partition coefficient (Wildman–Crippen LogP) is 1.33. The molecule has 8 heteroatoms. The van der Waals surface area contributed by atoms with Crippen molar-refractivity contribution in [3.63, 3.8) is 0 Å². The van der Waals surface area contributed by atoms with Crippen molar-refractivity contribution in [3.05, 3.63) is 0 Å². The molecular formula is C17H34IN5O2. The van der Waals surface area contributed by atoms with E-state index in [-0.39, 0.29) is 47.9 Å². The smallest absolute Gasteiger partial charge is 0.242 e. The van der Waals surface area contributed by atoms with E-state index in [1.165, 1.54) is 0 Å². The van der Waals surface area contributed by atoms with Gasteiger partial charge in [-0.2, -0.15) is 0 Å². The van der Waals surface area contributed by atoms with Crippen LogP contribution in [0.1, 0.15) is 47.0 Å². The van der Waals surface area contributed by atoms with Gasteiger partial charge in [0.05, 0.1) is 0 Å². The van der Waals surface area contributed by atoms with Gasteiger partial charge in [-0.25, -0.2) is 4.99 Å². The Morgan fingerprint density at radius 2 is 1.76 bits per heavy atom. The van der Waals surface area contributed by atoms with Crippen LogP contribution in [0.2, 0.25) is 0 Å². The van der Waals surface area contributed by atoms with Gasteiger partial charge in [-0.15, -0.1) is 24.0 Å². The van der Waals surface area contributed by atoms with E-state index < -0.39 is 0 Å². The number of carbonyl (C=O) groups is 2. The second-order valence-electron chi connectivity index (χ2n) is 7.28. The average molecular weight is 467 g/mol. The Hall–Kier alpha value is -1.06. The van der Waals surface area contributed by atoms with Gasteiger partial charge in [0.2, 0.25) is 11.8 Å².